The van der Waals surface area contributed by atoms with Crippen molar-refractivity contribution in [3.8, 4) is 11.4 Å². The molecule has 1 saturated heterocycles. The van der Waals surface area contributed by atoms with E-state index < -0.39 is 17.2 Å². The molecule has 210 valence electrons. The second-order valence-corrected chi connectivity index (χ2v) is 12.5. The monoisotopic (exact) mass is 568 g/mol. The molecule has 3 heterocycles. The van der Waals surface area contributed by atoms with E-state index in [1.165, 1.54) is 13.2 Å². The van der Waals surface area contributed by atoms with Crippen LogP contribution in [0.5, 0.6) is 5.75 Å². The summed E-state index contributed by atoms with van der Waals surface area (Å²) in [4.78, 5) is 19.0. The molecule has 40 heavy (non-hydrogen) atoms. The van der Waals surface area contributed by atoms with Crippen molar-refractivity contribution in [2.24, 2.45) is 5.41 Å². The van der Waals surface area contributed by atoms with Gasteiger partial charge in [-0.3, -0.25) is 14.3 Å². The normalized spacial score (nSPS) is 20.7. The quantitative estimate of drug-likeness (QED) is 0.451. The number of carbonyl (C=O) groups is 1. The average molecular weight is 569 g/mol. The molecule has 0 bridgehead atoms. The van der Waals surface area contributed by atoms with Crippen LogP contribution in [0.1, 0.15) is 48.8 Å². The van der Waals surface area contributed by atoms with Gasteiger partial charge in [-0.1, -0.05) is 11.6 Å². The van der Waals surface area contributed by atoms with Crippen molar-refractivity contribution in [1.29, 1.82) is 0 Å². The Labute approximate surface area is 236 Å². The van der Waals surface area contributed by atoms with Gasteiger partial charge in [-0.05, 0) is 49.4 Å². The van der Waals surface area contributed by atoms with Gasteiger partial charge in [0.1, 0.15) is 17.2 Å². The minimum absolute atomic E-state index is 0.0445. The van der Waals surface area contributed by atoms with E-state index in [0.717, 1.165) is 54.6 Å². The number of rotatable bonds is 5. The van der Waals surface area contributed by atoms with Gasteiger partial charge in [0.2, 0.25) is 5.91 Å². The van der Waals surface area contributed by atoms with Gasteiger partial charge in [0.05, 0.1) is 25.0 Å². The Balaban J connectivity index is 1.14. The Morgan fingerprint density at radius 2 is 1.80 bits per heavy atom. The summed E-state index contributed by atoms with van der Waals surface area (Å²) in [5.74, 6) is 0.845. The van der Waals surface area contributed by atoms with Crippen LogP contribution in [0.15, 0.2) is 30.3 Å². The Morgan fingerprint density at radius 1 is 1.05 bits per heavy atom. The first kappa shape index (κ1) is 25.7. The second-order valence-electron chi connectivity index (χ2n) is 12.1. The Bertz CT molecular complexity index is 1520. The van der Waals surface area contributed by atoms with Crippen molar-refractivity contribution in [3.63, 3.8) is 0 Å². The fourth-order valence-electron chi connectivity index (χ4n) is 7.07. The van der Waals surface area contributed by atoms with Crippen LogP contribution >= 0.6 is 11.6 Å². The molecule has 2 aromatic carbocycles. The zero-order valence-electron chi connectivity index (χ0n) is 22.8. The van der Waals surface area contributed by atoms with Crippen LogP contribution in [-0.4, -0.2) is 70.3 Å². The molecule has 4 aliphatic rings. The third kappa shape index (κ3) is 3.83. The van der Waals surface area contributed by atoms with E-state index in [1.54, 1.807) is 19.0 Å². The predicted octanol–water partition coefficient (Wildman–Crippen LogP) is 4.53. The Morgan fingerprint density at radius 3 is 2.48 bits per heavy atom. The number of anilines is 1. The Hall–Kier alpha value is -3.24. The zero-order chi connectivity index (χ0) is 28.0. The number of nitrogens with zero attached hydrogens (tertiary/aromatic N) is 6. The molecule has 2 aliphatic carbocycles. The second kappa shape index (κ2) is 8.88. The summed E-state index contributed by atoms with van der Waals surface area (Å²) in [5, 5.41) is 9.96. The summed E-state index contributed by atoms with van der Waals surface area (Å²) in [5.41, 5.74) is 1.98. The molecule has 3 aromatic rings. The largest absolute Gasteiger partial charge is 0.494 e. The lowest BCUT2D eigenvalue weighted by Crippen LogP contribution is -2.62. The highest BCUT2D eigenvalue weighted by Crippen LogP contribution is 2.57. The SMILES string of the molecule is COc1cc(N2CC3(CC(c4nnc5n4-c4ccc(Cl)cc4CN(C4(C(=O)N(C)C)CC4)C5)C3)C2)c(F)cc1F. The molecule has 1 spiro atoms. The minimum Gasteiger partial charge on any atom is -0.494 e. The number of aromatic nitrogens is 3. The van der Waals surface area contributed by atoms with E-state index in [9.17, 15) is 13.6 Å². The number of ether oxygens (including phenoxy) is 1. The van der Waals surface area contributed by atoms with Crippen LogP contribution in [0.25, 0.3) is 5.69 Å². The summed E-state index contributed by atoms with van der Waals surface area (Å²) >= 11 is 6.43. The van der Waals surface area contributed by atoms with Gasteiger partial charge in [-0.25, -0.2) is 8.78 Å². The number of carbonyl (C=O) groups excluding carboxylic acids is 1. The molecule has 3 fully saturated rings. The number of benzene rings is 2. The van der Waals surface area contributed by atoms with Gasteiger partial charge in [-0.15, -0.1) is 10.2 Å². The molecular weight excluding hydrogens is 538 g/mol. The first-order chi connectivity index (χ1) is 19.1. The minimum atomic E-state index is -0.700. The van der Waals surface area contributed by atoms with Crippen molar-refractivity contribution in [2.75, 3.05) is 39.2 Å². The van der Waals surface area contributed by atoms with E-state index >= 15 is 0 Å². The van der Waals surface area contributed by atoms with E-state index in [1.807, 2.05) is 23.1 Å². The highest BCUT2D eigenvalue weighted by Gasteiger charge is 2.57. The summed E-state index contributed by atoms with van der Waals surface area (Å²) in [7, 11) is 4.99. The van der Waals surface area contributed by atoms with E-state index in [4.69, 9.17) is 16.3 Å². The summed E-state index contributed by atoms with van der Waals surface area (Å²) in [6, 6.07) is 8.22. The lowest BCUT2D eigenvalue weighted by Gasteiger charge is -2.59. The third-order valence-corrected chi connectivity index (χ3v) is 9.44. The highest BCUT2D eigenvalue weighted by atomic mass is 35.5. The maximum Gasteiger partial charge on any atom is 0.242 e. The number of halogens is 3. The fraction of sp³-hybridized carbons (Fsp3) is 0.483. The summed E-state index contributed by atoms with van der Waals surface area (Å²) in [6.45, 7) is 2.53. The van der Waals surface area contributed by atoms with E-state index in [-0.39, 0.29) is 23.0 Å². The molecule has 0 atom stereocenters. The van der Waals surface area contributed by atoms with Gasteiger partial charge in [-0.2, -0.15) is 0 Å². The maximum atomic E-state index is 14.5. The van der Waals surface area contributed by atoms with E-state index in [2.05, 4.69) is 19.7 Å². The molecule has 0 radical (unpaired) electrons. The molecule has 1 aromatic heterocycles. The van der Waals surface area contributed by atoms with Crippen LogP contribution in [-0.2, 0) is 17.9 Å². The highest BCUT2D eigenvalue weighted by molar-refractivity contribution is 6.30. The van der Waals surface area contributed by atoms with Gasteiger partial charge < -0.3 is 14.5 Å². The number of methoxy groups -OCH3 is 1. The van der Waals surface area contributed by atoms with Crippen LogP contribution in [0, 0.1) is 17.0 Å². The summed E-state index contributed by atoms with van der Waals surface area (Å²) < 4.78 is 35.6. The topological polar surface area (TPSA) is 66.7 Å². The fourth-order valence-corrected chi connectivity index (χ4v) is 7.27. The Kier molecular flexibility index (Phi) is 5.71. The van der Waals surface area contributed by atoms with Gasteiger partial charge in [0, 0.05) is 62.2 Å². The van der Waals surface area contributed by atoms with Crippen molar-refractivity contribution < 1.29 is 18.3 Å². The first-order valence-corrected chi connectivity index (χ1v) is 14.0. The third-order valence-electron chi connectivity index (χ3n) is 9.20. The molecular formula is C29H31ClF2N6O2. The molecule has 0 unspecified atom stereocenters. The first-order valence-electron chi connectivity index (χ1n) is 13.6. The van der Waals surface area contributed by atoms with Gasteiger partial charge >= 0.3 is 0 Å². The van der Waals surface area contributed by atoms with Crippen LogP contribution in [0.4, 0.5) is 14.5 Å². The lowest BCUT2D eigenvalue weighted by molar-refractivity contribution is -0.136. The van der Waals surface area contributed by atoms with Crippen LogP contribution < -0.4 is 9.64 Å². The van der Waals surface area contributed by atoms with Crippen molar-refractivity contribution in [2.45, 2.75) is 50.2 Å². The van der Waals surface area contributed by atoms with Crippen molar-refractivity contribution in [3.05, 3.63) is 64.2 Å². The molecule has 11 heteroatoms. The van der Waals surface area contributed by atoms with Crippen molar-refractivity contribution in [1.82, 2.24) is 24.6 Å². The number of amides is 1. The predicted molar refractivity (Wildman–Crippen MR) is 146 cm³/mol. The smallest absolute Gasteiger partial charge is 0.242 e. The zero-order valence-corrected chi connectivity index (χ0v) is 23.5. The molecule has 8 nitrogen and oxygen atoms in total. The maximum absolute atomic E-state index is 14.5. The van der Waals surface area contributed by atoms with Crippen molar-refractivity contribution >= 4 is 23.2 Å². The standard InChI is InChI=1S/C29H31ClF2N6O2/c1-35(2)27(39)29(6-7-29)37-13-17-8-19(30)4-5-22(17)38-25(14-37)33-34-26(38)18-11-28(12-18)15-36(16-28)23-10-24(40-3)21(32)9-20(23)31/h4-5,8-10,18H,6-7,11-16H2,1-3H3. The number of hydrogen-bond acceptors (Lipinski definition) is 6. The number of hydrogen-bond donors (Lipinski definition) is 0. The van der Waals surface area contributed by atoms with Crippen LogP contribution in [0.2, 0.25) is 5.02 Å². The van der Waals surface area contributed by atoms with Gasteiger partial charge in [0.25, 0.3) is 0 Å². The molecule has 7 rings (SSSR count). The molecule has 1 amide bonds. The van der Waals surface area contributed by atoms with E-state index in [0.29, 0.717) is 36.9 Å². The molecule has 2 aliphatic heterocycles. The molecule has 0 N–H and O–H groups in total. The number of likely N-dealkylation sites (N-methyl/N-ethyl adjacent to an activating group) is 1. The lowest BCUT2D eigenvalue weighted by atomic mass is 9.57. The average Bonchev–Trinajstić information content (AvgIpc) is 3.61. The summed E-state index contributed by atoms with van der Waals surface area (Å²) in [6.07, 6.45) is 3.47. The number of fused-ring (bicyclic) bond motifs is 3. The molecule has 2 saturated carbocycles. The van der Waals surface area contributed by atoms with Crippen LogP contribution in [0.3, 0.4) is 0 Å². The van der Waals surface area contributed by atoms with Gasteiger partial charge in [0.15, 0.2) is 17.4 Å².